The Morgan fingerprint density at radius 2 is 1.96 bits per heavy atom. The van der Waals surface area contributed by atoms with Crippen molar-refractivity contribution in [3.63, 3.8) is 0 Å². The molecule has 28 heavy (non-hydrogen) atoms. The van der Waals surface area contributed by atoms with Gasteiger partial charge in [-0.25, -0.2) is 0 Å². The quantitative estimate of drug-likeness (QED) is 0.637. The van der Waals surface area contributed by atoms with Gasteiger partial charge >= 0.3 is 0 Å². The number of amides is 2. The van der Waals surface area contributed by atoms with E-state index >= 15 is 0 Å². The molecule has 2 aromatic rings. The minimum absolute atomic E-state index is 0.0568. The Kier molecular flexibility index (Phi) is 6.26. The topological polar surface area (TPSA) is 100 Å². The lowest BCUT2D eigenvalue weighted by Crippen LogP contribution is -2.34. The third-order valence-corrected chi connectivity index (χ3v) is 4.99. The maximum Gasteiger partial charge on any atom is 0.263 e. The molecule has 3 N–H and O–H groups in total. The van der Waals surface area contributed by atoms with Gasteiger partial charge in [0.15, 0.2) is 0 Å². The average molecular weight is 383 g/mol. The number of hydrogen-bond donors (Lipinski definition) is 3. The number of aromatic nitrogens is 1. The van der Waals surface area contributed by atoms with Crippen molar-refractivity contribution in [1.29, 1.82) is 0 Å². The number of nitrogens with one attached hydrogen (secondary N) is 2. The van der Waals surface area contributed by atoms with Crippen LogP contribution in [0, 0.1) is 5.92 Å². The molecule has 1 fully saturated rings. The molecule has 7 heteroatoms. The van der Waals surface area contributed by atoms with Crippen LogP contribution >= 0.6 is 0 Å². The molecule has 1 saturated carbocycles. The standard InChI is InChI=1S/C21H25N3O4/c1-22-20(27)17-10-16(19(26)23-18-11-15(18)8-5-9-25)13-24(21(17)28)12-14-6-3-2-4-7-14/h2-4,6-7,10,13,15,18,25H,5,8-9,11-12H2,1H3,(H,22,27)(H,23,26)/t15-,18-/m1/s1. The fourth-order valence-corrected chi connectivity index (χ4v) is 3.30. The molecule has 0 unspecified atom stereocenters. The first-order valence-electron chi connectivity index (χ1n) is 9.45. The molecule has 0 saturated heterocycles. The zero-order chi connectivity index (χ0) is 20.1. The Morgan fingerprint density at radius 3 is 2.64 bits per heavy atom. The Labute approximate surface area is 163 Å². The lowest BCUT2D eigenvalue weighted by atomic mass is 10.1. The van der Waals surface area contributed by atoms with E-state index in [-0.39, 0.29) is 36.2 Å². The average Bonchev–Trinajstić information content (AvgIpc) is 3.45. The number of aliphatic hydroxyl groups is 1. The van der Waals surface area contributed by atoms with Crippen LogP contribution in [0.15, 0.2) is 47.4 Å². The van der Waals surface area contributed by atoms with Crippen LogP contribution in [0.4, 0.5) is 0 Å². The van der Waals surface area contributed by atoms with Crippen LogP contribution in [0.1, 0.15) is 45.5 Å². The Balaban J connectivity index is 1.84. The largest absolute Gasteiger partial charge is 0.396 e. The molecule has 1 aromatic heterocycles. The Bertz CT molecular complexity index is 908. The number of benzene rings is 1. The minimum Gasteiger partial charge on any atom is -0.396 e. The number of pyridine rings is 1. The number of carbonyl (C=O) groups is 2. The first-order valence-corrected chi connectivity index (χ1v) is 9.45. The van der Waals surface area contributed by atoms with Crippen LogP contribution < -0.4 is 16.2 Å². The summed E-state index contributed by atoms with van der Waals surface area (Å²) in [5.41, 5.74) is 0.684. The van der Waals surface area contributed by atoms with Gasteiger partial charge in [0.1, 0.15) is 5.56 Å². The van der Waals surface area contributed by atoms with Crippen LogP contribution in [0.25, 0.3) is 0 Å². The van der Waals surface area contributed by atoms with Gasteiger partial charge in [0.2, 0.25) is 0 Å². The monoisotopic (exact) mass is 383 g/mol. The molecule has 1 aliphatic carbocycles. The highest BCUT2D eigenvalue weighted by atomic mass is 16.3. The second kappa shape index (κ2) is 8.84. The number of rotatable bonds is 8. The van der Waals surface area contributed by atoms with E-state index in [1.54, 1.807) is 0 Å². The first-order chi connectivity index (χ1) is 13.5. The normalized spacial score (nSPS) is 17.8. The van der Waals surface area contributed by atoms with Crippen molar-refractivity contribution >= 4 is 11.8 Å². The van der Waals surface area contributed by atoms with E-state index in [0.29, 0.717) is 5.92 Å². The molecule has 7 nitrogen and oxygen atoms in total. The molecule has 1 heterocycles. The third-order valence-electron chi connectivity index (χ3n) is 4.99. The van der Waals surface area contributed by atoms with Crippen molar-refractivity contribution in [2.75, 3.05) is 13.7 Å². The highest BCUT2D eigenvalue weighted by Crippen LogP contribution is 2.34. The predicted molar refractivity (Wildman–Crippen MR) is 105 cm³/mol. The summed E-state index contributed by atoms with van der Waals surface area (Å²) in [6.07, 6.45) is 3.98. The molecule has 148 valence electrons. The smallest absolute Gasteiger partial charge is 0.263 e. The van der Waals surface area contributed by atoms with Crippen molar-refractivity contribution < 1.29 is 14.7 Å². The van der Waals surface area contributed by atoms with E-state index in [0.717, 1.165) is 24.8 Å². The van der Waals surface area contributed by atoms with Crippen LogP contribution in [0.2, 0.25) is 0 Å². The van der Waals surface area contributed by atoms with Crippen LogP contribution in [0.5, 0.6) is 0 Å². The Morgan fingerprint density at radius 1 is 1.21 bits per heavy atom. The van der Waals surface area contributed by atoms with Gasteiger partial charge in [-0.1, -0.05) is 30.3 Å². The summed E-state index contributed by atoms with van der Waals surface area (Å²) in [6.45, 7) is 0.421. The lowest BCUT2D eigenvalue weighted by Gasteiger charge is -2.12. The molecule has 0 aliphatic heterocycles. The fraction of sp³-hybridized carbons (Fsp3) is 0.381. The Hall–Kier alpha value is -2.93. The fourth-order valence-electron chi connectivity index (χ4n) is 3.30. The minimum atomic E-state index is -0.520. The predicted octanol–water partition coefficient (Wildman–Crippen LogP) is 1.15. The summed E-state index contributed by atoms with van der Waals surface area (Å²) in [6, 6.07) is 10.8. The van der Waals surface area contributed by atoms with Gasteiger partial charge in [0.05, 0.1) is 12.1 Å². The van der Waals surface area contributed by atoms with E-state index in [1.165, 1.54) is 23.9 Å². The zero-order valence-corrected chi connectivity index (χ0v) is 15.9. The summed E-state index contributed by atoms with van der Waals surface area (Å²) >= 11 is 0. The summed E-state index contributed by atoms with van der Waals surface area (Å²) in [4.78, 5) is 37.5. The van der Waals surface area contributed by atoms with Crippen molar-refractivity contribution in [1.82, 2.24) is 15.2 Å². The van der Waals surface area contributed by atoms with Gasteiger partial charge in [-0.2, -0.15) is 0 Å². The molecule has 0 spiro atoms. The first kappa shape index (κ1) is 19.8. The van der Waals surface area contributed by atoms with Gasteiger partial charge in [-0.3, -0.25) is 14.4 Å². The zero-order valence-electron chi connectivity index (χ0n) is 15.9. The van der Waals surface area contributed by atoms with Crippen LogP contribution in [0.3, 0.4) is 0 Å². The van der Waals surface area contributed by atoms with Gasteiger partial charge < -0.3 is 20.3 Å². The van der Waals surface area contributed by atoms with Gasteiger partial charge in [0, 0.05) is 25.9 Å². The van der Waals surface area contributed by atoms with Crippen molar-refractivity contribution in [2.24, 2.45) is 5.92 Å². The summed E-state index contributed by atoms with van der Waals surface area (Å²) in [5.74, 6) is -0.443. The number of aliphatic hydroxyl groups excluding tert-OH is 1. The maximum atomic E-state index is 12.7. The van der Waals surface area contributed by atoms with Crippen molar-refractivity contribution in [3.05, 3.63) is 69.6 Å². The van der Waals surface area contributed by atoms with Crippen molar-refractivity contribution in [3.8, 4) is 0 Å². The number of hydrogen-bond acceptors (Lipinski definition) is 4. The number of nitrogens with zero attached hydrogens (tertiary/aromatic N) is 1. The highest BCUT2D eigenvalue weighted by molar-refractivity contribution is 5.99. The van der Waals surface area contributed by atoms with Gasteiger partial charge in [-0.05, 0) is 36.8 Å². The highest BCUT2D eigenvalue weighted by Gasteiger charge is 2.37. The van der Waals surface area contributed by atoms with E-state index in [2.05, 4.69) is 10.6 Å². The molecule has 2 atom stereocenters. The number of carbonyl (C=O) groups excluding carboxylic acids is 2. The molecular weight excluding hydrogens is 358 g/mol. The summed E-state index contributed by atoms with van der Waals surface area (Å²) < 4.78 is 1.39. The lowest BCUT2D eigenvalue weighted by molar-refractivity contribution is 0.0948. The second-order valence-electron chi connectivity index (χ2n) is 7.08. The molecule has 2 amide bonds. The molecule has 1 aliphatic rings. The summed E-state index contributed by atoms with van der Waals surface area (Å²) in [7, 11) is 1.45. The van der Waals surface area contributed by atoms with E-state index in [4.69, 9.17) is 5.11 Å². The van der Waals surface area contributed by atoms with E-state index in [9.17, 15) is 14.4 Å². The van der Waals surface area contributed by atoms with Crippen LogP contribution in [-0.2, 0) is 6.54 Å². The SMILES string of the molecule is CNC(=O)c1cc(C(=O)N[C@@H]2C[C@H]2CCCO)cn(Cc2ccccc2)c1=O. The van der Waals surface area contributed by atoms with Gasteiger partial charge in [0.25, 0.3) is 17.4 Å². The van der Waals surface area contributed by atoms with Gasteiger partial charge in [-0.15, -0.1) is 0 Å². The molecular formula is C21H25N3O4. The van der Waals surface area contributed by atoms with Crippen LogP contribution in [-0.4, -0.2) is 41.2 Å². The van der Waals surface area contributed by atoms with E-state index in [1.807, 2.05) is 30.3 Å². The molecule has 3 rings (SSSR count). The van der Waals surface area contributed by atoms with Crippen molar-refractivity contribution in [2.45, 2.75) is 31.8 Å². The second-order valence-corrected chi connectivity index (χ2v) is 7.08. The maximum absolute atomic E-state index is 12.7. The molecule has 0 radical (unpaired) electrons. The molecule has 0 bridgehead atoms. The third kappa shape index (κ3) is 4.67. The summed E-state index contributed by atoms with van der Waals surface area (Å²) in [5, 5.41) is 14.3. The van der Waals surface area contributed by atoms with E-state index < -0.39 is 11.5 Å². The molecule has 1 aromatic carbocycles.